The van der Waals surface area contributed by atoms with E-state index < -0.39 is 38.6 Å². The molecule has 0 aliphatic carbocycles. The molecule has 0 spiro atoms. The van der Waals surface area contributed by atoms with Crippen LogP contribution in [0.3, 0.4) is 0 Å². The van der Waals surface area contributed by atoms with Crippen LogP contribution in [0, 0.1) is 0 Å². The number of phosphoric ester groups is 1. The van der Waals surface area contributed by atoms with Gasteiger partial charge in [0.2, 0.25) is 0 Å². The Bertz CT molecular complexity index is 1110. The van der Waals surface area contributed by atoms with Crippen molar-refractivity contribution in [3.05, 3.63) is 85.1 Å². The molecule has 2 atom stereocenters. The Morgan fingerprint density at radius 1 is 0.627 bits per heavy atom. The molecule has 3 N–H and O–H groups in total. The molecule has 0 aliphatic rings. The quantitative estimate of drug-likeness (QED) is 0.0198. The summed E-state index contributed by atoms with van der Waals surface area (Å²) in [4.78, 5) is 42.7. The van der Waals surface area contributed by atoms with Gasteiger partial charge in [0.05, 0.1) is 12.7 Å². The summed E-state index contributed by atoms with van der Waals surface area (Å²) in [6.45, 7) is 3.33. The van der Waals surface area contributed by atoms with Crippen molar-refractivity contribution in [1.29, 1.82) is 0 Å². The van der Waals surface area contributed by atoms with E-state index in [0.29, 0.717) is 19.3 Å². The maximum Gasteiger partial charge on any atom is 0.469 e. The summed E-state index contributed by atoms with van der Waals surface area (Å²) in [7, 11) is -4.81. The van der Waals surface area contributed by atoms with Crippen LogP contribution in [0.25, 0.3) is 0 Å². The molecule has 0 heterocycles. The summed E-state index contributed by atoms with van der Waals surface area (Å²) in [6.07, 6.45) is 43.3. The standard InChI is InChI=1S/C41H67O9P/c1-3-5-7-9-11-13-15-17-18-20-22-24-26-28-30-34-41(44)50-39(37-49-51(45,46)47)36-48-40(43)35-31-33-38(42)32-29-27-25-23-21-19-16-14-12-10-8-6-4-2/h5,7,11-14,17-19,21,25,27,29,32,38-39,42H,3-4,6,8-10,15-16,20,22-24,26,28,30-31,33-37H2,1-2H3,(H2,45,46,47)/b7-5-,13-11-,14-12-,18-17-,21-19-,27-25-,32-29+/t38-,39-/m1/s1. The van der Waals surface area contributed by atoms with Gasteiger partial charge in [0, 0.05) is 12.8 Å². The van der Waals surface area contributed by atoms with Crippen LogP contribution < -0.4 is 0 Å². The zero-order valence-corrected chi connectivity index (χ0v) is 32.2. The number of carbonyl (C=O) groups is 2. The van der Waals surface area contributed by atoms with Crippen LogP contribution in [0.5, 0.6) is 0 Å². The van der Waals surface area contributed by atoms with Gasteiger partial charge in [-0.05, 0) is 77.0 Å². The Kier molecular flexibility index (Phi) is 33.6. The van der Waals surface area contributed by atoms with Crippen molar-refractivity contribution in [2.45, 2.75) is 148 Å². The van der Waals surface area contributed by atoms with Crippen LogP contribution in [0.2, 0.25) is 0 Å². The van der Waals surface area contributed by atoms with Gasteiger partial charge in [-0.2, -0.15) is 0 Å². The monoisotopic (exact) mass is 734 g/mol. The smallest absolute Gasteiger partial charge is 0.462 e. The Morgan fingerprint density at radius 2 is 1.18 bits per heavy atom. The lowest BCUT2D eigenvalue weighted by molar-refractivity contribution is -0.161. The number of hydrogen-bond donors (Lipinski definition) is 3. The van der Waals surface area contributed by atoms with Gasteiger partial charge in [0.25, 0.3) is 0 Å². The molecule has 0 aromatic rings. The molecule has 0 aromatic heterocycles. The van der Waals surface area contributed by atoms with E-state index in [1.807, 2.05) is 12.2 Å². The van der Waals surface area contributed by atoms with Crippen molar-refractivity contribution in [3.63, 3.8) is 0 Å². The molecule has 0 rings (SSSR count). The zero-order valence-electron chi connectivity index (χ0n) is 31.3. The topological polar surface area (TPSA) is 140 Å². The van der Waals surface area contributed by atoms with Crippen LogP contribution >= 0.6 is 7.82 Å². The highest BCUT2D eigenvalue weighted by Crippen LogP contribution is 2.36. The number of allylic oxidation sites excluding steroid dienone is 13. The first-order valence-electron chi connectivity index (χ1n) is 19.0. The van der Waals surface area contributed by atoms with E-state index in [9.17, 15) is 19.3 Å². The molecule has 0 amide bonds. The van der Waals surface area contributed by atoms with Gasteiger partial charge < -0.3 is 24.4 Å². The number of unbranched alkanes of at least 4 members (excludes halogenated alkanes) is 8. The Labute approximate surface area is 308 Å². The summed E-state index contributed by atoms with van der Waals surface area (Å²) in [5, 5.41) is 10.2. The Morgan fingerprint density at radius 3 is 1.80 bits per heavy atom. The summed E-state index contributed by atoms with van der Waals surface area (Å²) in [5.74, 6) is -1.12. The molecule has 0 fully saturated rings. The van der Waals surface area contributed by atoms with E-state index >= 15 is 0 Å². The highest BCUT2D eigenvalue weighted by atomic mass is 31.2. The summed E-state index contributed by atoms with van der Waals surface area (Å²) < 4.78 is 26.2. The summed E-state index contributed by atoms with van der Waals surface area (Å²) in [5.41, 5.74) is 0. The molecular formula is C41H67O9P. The molecule has 9 nitrogen and oxygen atoms in total. The lowest BCUT2D eigenvalue weighted by Gasteiger charge is -2.18. The molecule has 0 unspecified atom stereocenters. The van der Waals surface area contributed by atoms with Crippen LogP contribution in [0.4, 0.5) is 0 Å². The molecule has 0 bridgehead atoms. The van der Waals surface area contributed by atoms with Gasteiger partial charge in [-0.3, -0.25) is 14.1 Å². The zero-order chi connectivity index (χ0) is 37.7. The molecule has 0 aromatic carbocycles. The predicted molar refractivity (Wildman–Crippen MR) is 208 cm³/mol. The van der Waals surface area contributed by atoms with Gasteiger partial charge >= 0.3 is 19.8 Å². The van der Waals surface area contributed by atoms with Crippen molar-refractivity contribution in [1.82, 2.24) is 0 Å². The largest absolute Gasteiger partial charge is 0.469 e. The molecular weight excluding hydrogens is 667 g/mol. The van der Waals surface area contributed by atoms with E-state index in [-0.39, 0.29) is 19.4 Å². The predicted octanol–water partition coefficient (Wildman–Crippen LogP) is 10.3. The molecule has 0 radical (unpaired) electrons. The molecule has 290 valence electrons. The van der Waals surface area contributed by atoms with E-state index in [4.69, 9.17) is 19.3 Å². The lowest BCUT2D eigenvalue weighted by atomic mass is 10.1. The minimum Gasteiger partial charge on any atom is -0.462 e. The third-order valence-electron chi connectivity index (χ3n) is 7.50. The highest BCUT2D eigenvalue weighted by molar-refractivity contribution is 7.46. The fourth-order valence-electron chi connectivity index (χ4n) is 4.66. The fourth-order valence-corrected chi connectivity index (χ4v) is 5.03. The van der Waals surface area contributed by atoms with Crippen molar-refractivity contribution in [2.75, 3.05) is 13.2 Å². The number of esters is 2. The van der Waals surface area contributed by atoms with Crippen LogP contribution in [-0.2, 0) is 28.2 Å². The van der Waals surface area contributed by atoms with Crippen LogP contribution in [-0.4, -0.2) is 52.3 Å². The minimum absolute atomic E-state index is 0.0301. The van der Waals surface area contributed by atoms with Gasteiger partial charge in [0.1, 0.15) is 6.61 Å². The third kappa shape index (κ3) is 38.3. The molecule has 0 saturated heterocycles. The van der Waals surface area contributed by atoms with Crippen LogP contribution in [0.1, 0.15) is 136 Å². The fraction of sp³-hybridized carbons (Fsp3) is 0.610. The van der Waals surface area contributed by atoms with E-state index in [1.54, 1.807) is 12.2 Å². The third-order valence-corrected chi connectivity index (χ3v) is 7.99. The highest BCUT2D eigenvalue weighted by Gasteiger charge is 2.23. The number of rotatable bonds is 33. The molecule has 10 heteroatoms. The summed E-state index contributed by atoms with van der Waals surface area (Å²) >= 11 is 0. The Balaban J connectivity index is 4.22. The number of phosphoric acid groups is 1. The van der Waals surface area contributed by atoms with Crippen molar-refractivity contribution < 1.29 is 43.0 Å². The SMILES string of the molecule is CC/C=C\C/C=C\C/C=C\CCCCCCCC(=O)O[C@H](COC(=O)CCC[C@H](O)/C=C/C=C\C/C=C\C/C=C\CCCCC)COP(=O)(O)O. The number of carbonyl (C=O) groups excluding carboxylic acids is 2. The number of hydrogen-bond acceptors (Lipinski definition) is 7. The van der Waals surface area contributed by atoms with E-state index in [1.165, 1.54) is 19.3 Å². The van der Waals surface area contributed by atoms with Gasteiger partial charge in [-0.25, -0.2) is 4.57 Å². The first-order valence-corrected chi connectivity index (χ1v) is 20.5. The maximum absolute atomic E-state index is 12.4. The second-order valence-corrected chi connectivity index (χ2v) is 13.6. The molecule has 0 saturated carbocycles. The van der Waals surface area contributed by atoms with Crippen molar-refractivity contribution in [3.8, 4) is 0 Å². The average Bonchev–Trinajstić information content (AvgIpc) is 3.09. The van der Waals surface area contributed by atoms with Crippen molar-refractivity contribution >= 4 is 19.8 Å². The number of aliphatic hydroxyl groups excluding tert-OH is 1. The van der Waals surface area contributed by atoms with Crippen LogP contribution in [0.15, 0.2) is 85.1 Å². The second-order valence-electron chi connectivity index (χ2n) is 12.4. The van der Waals surface area contributed by atoms with Gasteiger partial charge in [-0.15, -0.1) is 0 Å². The van der Waals surface area contributed by atoms with Crippen molar-refractivity contribution in [2.24, 2.45) is 0 Å². The van der Waals surface area contributed by atoms with E-state index in [2.05, 4.69) is 79.1 Å². The van der Waals surface area contributed by atoms with Gasteiger partial charge in [0.15, 0.2) is 6.10 Å². The first kappa shape index (κ1) is 48.2. The van der Waals surface area contributed by atoms with Gasteiger partial charge in [-0.1, -0.05) is 131 Å². The summed E-state index contributed by atoms with van der Waals surface area (Å²) in [6, 6.07) is 0. The normalized spacial score (nSPS) is 14.1. The molecule has 0 aliphatic heterocycles. The minimum atomic E-state index is -4.81. The maximum atomic E-state index is 12.4. The first-order chi connectivity index (χ1) is 24.7. The van der Waals surface area contributed by atoms with E-state index in [0.717, 1.165) is 70.6 Å². The Hall–Kier alpha value is -2.81. The average molecular weight is 735 g/mol. The number of ether oxygens (including phenoxy) is 2. The number of aliphatic hydroxyl groups is 1. The molecule has 51 heavy (non-hydrogen) atoms. The second kappa shape index (κ2) is 35.6. The lowest BCUT2D eigenvalue weighted by Crippen LogP contribution is -2.29.